The van der Waals surface area contributed by atoms with Crippen molar-refractivity contribution in [2.45, 2.75) is 20.5 Å². The van der Waals surface area contributed by atoms with Crippen LogP contribution in [0.1, 0.15) is 22.5 Å². The van der Waals surface area contributed by atoms with Gasteiger partial charge in [-0.1, -0.05) is 23.7 Å². The van der Waals surface area contributed by atoms with Crippen molar-refractivity contribution in [2.24, 2.45) is 5.10 Å². The second-order valence-electron chi connectivity index (χ2n) is 6.66. The number of hydrogen-bond donors (Lipinski definition) is 0. The predicted octanol–water partition coefficient (Wildman–Crippen LogP) is 4.80. The molecule has 0 amide bonds. The molecule has 0 N–H and O–H groups in total. The van der Waals surface area contributed by atoms with Gasteiger partial charge in [0.05, 0.1) is 6.21 Å². The normalized spacial score (nSPS) is 11.3. The SMILES string of the molecule is Cc1cc(/C=N\n2cnnc2)c(C)n1-c1ccc(OCc2ccc(Cl)cc2)cc1. The zero-order valence-electron chi connectivity index (χ0n) is 16.2. The number of benzene rings is 2. The van der Waals surface area contributed by atoms with Gasteiger partial charge in [-0.3, -0.25) is 0 Å². The molecule has 0 aliphatic carbocycles. The minimum atomic E-state index is 0.502. The Morgan fingerprint density at radius 2 is 1.69 bits per heavy atom. The van der Waals surface area contributed by atoms with Crippen molar-refractivity contribution >= 4 is 17.8 Å². The number of aryl methyl sites for hydroxylation is 1. The van der Waals surface area contributed by atoms with Crippen molar-refractivity contribution in [1.29, 1.82) is 0 Å². The van der Waals surface area contributed by atoms with E-state index in [2.05, 4.69) is 51.9 Å². The molecule has 0 saturated carbocycles. The van der Waals surface area contributed by atoms with E-state index in [0.717, 1.165) is 39.0 Å². The Morgan fingerprint density at radius 1 is 1.00 bits per heavy atom. The van der Waals surface area contributed by atoms with Crippen LogP contribution < -0.4 is 4.74 Å². The van der Waals surface area contributed by atoms with Gasteiger partial charge in [0.2, 0.25) is 0 Å². The molecule has 4 rings (SSSR count). The first-order valence-corrected chi connectivity index (χ1v) is 9.53. The van der Waals surface area contributed by atoms with E-state index in [0.29, 0.717) is 6.61 Å². The molecule has 0 bridgehead atoms. The highest BCUT2D eigenvalue weighted by molar-refractivity contribution is 6.30. The van der Waals surface area contributed by atoms with Crippen molar-refractivity contribution in [2.75, 3.05) is 0 Å². The summed E-state index contributed by atoms with van der Waals surface area (Å²) in [5, 5.41) is 12.6. The molecule has 0 aliphatic rings. The third kappa shape index (κ3) is 4.38. The Balaban J connectivity index is 1.49. The fraction of sp³-hybridized carbons (Fsp3) is 0.136. The van der Waals surface area contributed by atoms with Crippen LogP contribution in [0.25, 0.3) is 5.69 Å². The molecule has 0 spiro atoms. The van der Waals surface area contributed by atoms with Crippen LogP contribution >= 0.6 is 11.6 Å². The highest BCUT2D eigenvalue weighted by Crippen LogP contribution is 2.23. The molecule has 2 aromatic carbocycles. The number of ether oxygens (including phenoxy) is 1. The summed E-state index contributed by atoms with van der Waals surface area (Å²) in [6.07, 6.45) is 4.92. The molecule has 0 radical (unpaired) electrons. The van der Waals surface area contributed by atoms with Crippen LogP contribution in [-0.4, -0.2) is 25.7 Å². The Bertz CT molecular complexity index is 1110. The first-order chi connectivity index (χ1) is 14.1. The van der Waals surface area contributed by atoms with Crippen molar-refractivity contribution in [1.82, 2.24) is 19.4 Å². The molecule has 2 heterocycles. The third-order valence-corrected chi connectivity index (χ3v) is 4.87. The molecule has 4 aromatic rings. The monoisotopic (exact) mass is 405 g/mol. The van der Waals surface area contributed by atoms with Gasteiger partial charge in [-0.2, -0.15) is 5.10 Å². The first-order valence-electron chi connectivity index (χ1n) is 9.16. The smallest absolute Gasteiger partial charge is 0.141 e. The molecule has 29 heavy (non-hydrogen) atoms. The minimum Gasteiger partial charge on any atom is -0.489 e. The summed E-state index contributed by atoms with van der Waals surface area (Å²) in [4.78, 5) is 0. The maximum absolute atomic E-state index is 5.92. The summed E-state index contributed by atoms with van der Waals surface area (Å²) in [5.74, 6) is 0.820. The molecule has 146 valence electrons. The van der Waals surface area contributed by atoms with E-state index in [9.17, 15) is 0 Å². The minimum absolute atomic E-state index is 0.502. The molecular formula is C22H20ClN5O. The van der Waals surface area contributed by atoms with Gasteiger partial charge in [0.1, 0.15) is 25.0 Å². The van der Waals surface area contributed by atoms with E-state index in [-0.39, 0.29) is 0 Å². The number of halogens is 1. The van der Waals surface area contributed by atoms with E-state index in [4.69, 9.17) is 16.3 Å². The highest BCUT2D eigenvalue weighted by atomic mass is 35.5. The maximum Gasteiger partial charge on any atom is 0.141 e. The van der Waals surface area contributed by atoms with Gasteiger partial charge in [-0.15, -0.1) is 10.2 Å². The van der Waals surface area contributed by atoms with E-state index in [1.165, 1.54) is 0 Å². The zero-order valence-corrected chi connectivity index (χ0v) is 16.9. The van der Waals surface area contributed by atoms with Gasteiger partial charge >= 0.3 is 0 Å². The summed E-state index contributed by atoms with van der Waals surface area (Å²) in [6.45, 7) is 4.65. The summed E-state index contributed by atoms with van der Waals surface area (Å²) < 4.78 is 9.64. The van der Waals surface area contributed by atoms with Crippen LogP contribution in [-0.2, 0) is 6.61 Å². The van der Waals surface area contributed by atoms with Crippen molar-refractivity contribution in [3.63, 3.8) is 0 Å². The van der Waals surface area contributed by atoms with Gasteiger partial charge in [0.25, 0.3) is 0 Å². The van der Waals surface area contributed by atoms with Gasteiger partial charge in [-0.05, 0) is 61.9 Å². The van der Waals surface area contributed by atoms with E-state index < -0.39 is 0 Å². The molecular weight excluding hydrogens is 386 g/mol. The fourth-order valence-corrected chi connectivity index (χ4v) is 3.26. The number of aromatic nitrogens is 4. The van der Waals surface area contributed by atoms with Crippen LogP contribution in [0, 0.1) is 13.8 Å². The zero-order chi connectivity index (χ0) is 20.2. The van der Waals surface area contributed by atoms with Crippen molar-refractivity contribution < 1.29 is 4.74 Å². The Hall–Kier alpha value is -3.38. The van der Waals surface area contributed by atoms with E-state index in [1.54, 1.807) is 17.3 Å². The summed E-state index contributed by atoms with van der Waals surface area (Å²) in [6, 6.07) is 17.8. The Labute approximate surface area is 174 Å². The summed E-state index contributed by atoms with van der Waals surface area (Å²) in [7, 11) is 0. The molecule has 2 aromatic heterocycles. The largest absolute Gasteiger partial charge is 0.489 e. The standard InChI is InChI=1S/C22H20ClN5O/c1-16-11-19(12-26-27-14-24-25-15-27)17(2)28(16)21-7-9-22(10-8-21)29-13-18-3-5-20(23)6-4-18/h3-12,14-15H,13H2,1-2H3/b26-12-. The summed E-state index contributed by atoms with van der Waals surface area (Å²) in [5.41, 5.74) is 5.42. The predicted molar refractivity (Wildman–Crippen MR) is 114 cm³/mol. The molecule has 6 nitrogen and oxygen atoms in total. The maximum atomic E-state index is 5.92. The lowest BCUT2D eigenvalue weighted by atomic mass is 10.2. The second kappa shape index (κ2) is 8.32. The molecule has 0 unspecified atom stereocenters. The molecule has 0 aliphatic heterocycles. The van der Waals surface area contributed by atoms with Crippen molar-refractivity contribution in [3.8, 4) is 11.4 Å². The highest BCUT2D eigenvalue weighted by Gasteiger charge is 2.10. The van der Waals surface area contributed by atoms with Gasteiger partial charge < -0.3 is 9.30 Å². The molecule has 0 atom stereocenters. The fourth-order valence-electron chi connectivity index (χ4n) is 3.14. The molecule has 0 fully saturated rings. The van der Waals surface area contributed by atoms with Crippen molar-refractivity contribution in [3.05, 3.63) is 94.8 Å². The average molecular weight is 406 g/mol. The Kier molecular flexibility index (Phi) is 5.44. The number of rotatable bonds is 6. The van der Waals surface area contributed by atoms with Crippen LogP contribution in [0.3, 0.4) is 0 Å². The lowest BCUT2D eigenvalue weighted by molar-refractivity contribution is 0.306. The lowest BCUT2D eigenvalue weighted by Crippen LogP contribution is -2.00. The first kappa shape index (κ1) is 19.0. The van der Waals surface area contributed by atoms with Gasteiger partial charge in [0, 0.05) is 27.7 Å². The van der Waals surface area contributed by atoms with Gasteiger partial charge in [-0.25, -0.2) is 4.68 Å². The van der Waals surface area contributed by atoms with E-state index >= 15 is 0 Å². The van der Waals surface area contributed by atoms with Crippen LogP contribution in [0.2, 0.25) is 5.02 Å². The number of nitrogens with zero attached hydrogens (tertiary/aromatic N) is 5. The molecule has 7 heteroatoms. The average Bonchev–Trinajstić information content (AvgIpc) is 3.34. The molecule has 0 saturated heterocycles. The Morgan fingerprint density at radius 3 is 2.38 bits per heavy atom. The lowest BCUT2D eigenvalue weighted by Gasteiger charge is -2.11. The van der Waals surface area contributed by atoms with E-state index in [1.807, 2.05) is 42.6 Å². The topological polar surface area (TPSA) is 57.2 Å². The second-order valence-corrected chi connectivity index (χ2v) is 7.09. The van der Waals surface area contributed by atoms with Crippen LogP contribution in [0.15, 0.2) is 72.4 Å². The number of hydrogen-bond acceptors (Lipinski definition) is 4. The van der Waals surface area contributed by atoms with Crippen LogP contribution in [0.4, 0.5) is 0 Å². The van der Waals surface area contributed by atoms with Crippen LogP contribution in [0.5, 0.6) is 5.75 Å². The quantitative estimate of drug-likeness (QED) is 0.433. The third-order valence-electron chi connectivity index (χ3n) is 4.62. The summed E-state index contributed by atoms with van der Waals surface area (Å²) >= 11 is 5.92. The van der Waals surface area contributed by atoms with Gasteiger partial charge in [0.15, 0.2) is 0 Å².